The number of aromatic nitrogens is 3. The number of amides is 1. The van der Waals surface area contributed by atoms with Crippen LogP contribution in [0.25, 0.3) is 11.4 Å². The van der Waals surface area contributed by atoms with E-state index in [0.717, 1.165) is 41.7 Å². The summed E-state index contributed by atoms with van der Waals surface area (Å²) in [6, 6.07) is 8.10. The summed E-state index contributed by atoms with van der Waals surface area (Å²) >= 11 is 1.46. The summed E-state index contributed by atoms with van der Waals surface area (Å²) in [6.07, 6.45) is 4.61. The number of nitrogens with zero attached hydrogens (tertiary/aromatic N) is 3. The lowest BCUT2D eigenvalue weighted by Crippen LogP contribution is -2.37. The van der Waals surface area contributed by atoms with Gasteiger partial charge in [-0.15, -0.1) is 10.2 Å². The van der Waals surface area contributed by atoms with Crippen LogP contribution >= 0.6 is 11.8 Å². The number of carbonyl (C=O) groups excluding carboxylic acids is 1. The van der Waals surface area contributed by atoms with Gasteiger partial charge in [-0.25, -0.2) is 0 Å². The highest BCUT2D eigenvalue weighted by Crippen LogP contribution is 2.28. The predicted molar refractivity (Wildman–Crippen MR) is 103 cm³/mol. The number of rotatable bonds is 7. The highest BCUT2D eigenvalue weighted by atomic mass is 32.2. The van der Waals surface area contributed by atoms with E-state index in [9.17, 15) is 4.79 Å². The number of nitrogens with one attached hydrogen (secondary N) is 1. The second-order valence-corrected chi connectivity index (χ2v) is 7.84. The van der Waals surface area contributed by atoms with Crippen molar-refractivity contribution in [1.82, 2.24) is 20.1 Å². The van der Waals surface area contributed by atoms with E-state index >= 15 is 0 Å². The molecule has 1 fully saturated rings. The van der Waals surface area contributed by atoms with Gasteiger partial charge in [0.2, 0.25) is 5.91 Å². The number of ether oxygens (including phenoxy) is 1. The second kappa shape index (κ2) is 8.58. The number of benzene rings is 1. The van der Waals surface area contributed by atoms with E-state index in [1.165, 1.54) is 24.6 Å². The van der Waals surface area contributed by atoms with Gasteiger partial charge in [0.25, 0.3) is 0 Å². The fourth-order valence-corrected chi connectivity index (χ4v) is 4.14. The Morgan fingerprint density at radius 2 is 2.00 bits per heavy atom. The number of carbonyl (C=O) groups is 1. The molecule has 26 heavy (non-hydrogen) atoms. The molecule has 1 N–H and O–H groups in total. The fourth-order valence-electron chi connectivity index (χ4n) is 3.21. The molecule has 6 nitrogen and oxygen atoms in total. The minimum absolute atomic E-state index is 0.0820. The van der Waals surface area contributed by atoms with E-state index in [-0.39, 0.29) is 11.2 Å². The van der Waals surface area contributed by atoms with Gasteiger partial charge in [0.1, 0.15) is 5.75 Å². The average Bonchev–Trinajstić information content (AvgIpc) is 3.31. The molecule has 3 rings (SSSR count). The molecule has 0 saturated heterocycles. The Labute approximate surface area is 158 Å². The van der Waals surface area contributed by atoms with Crippen molar-refractivity contribution in [3.8, 4) is 17.1 Å². The Balaban J connectivity index is 1.71. The molecule has 1 aliphatic carbocycles. The minimum atomic E-state index is -0.200. The van der Waals surface area contributed by atoms with E-state index in [4.69, 9.17) is 4.74 Å². The van der Waals surface area contributed by atoms with Crippen LogP contribution in [-0.2, 0) is 11.3 Å². The van der Waals surface area contributed by atoms with Crippen molar-refractivity contribution in [2.24, 2.45) is 0 Å². The maximum atomic E-state index is 12.4. The van der Waals surface area contributed by atoms with Crippen molar-refractivity contribution < 1.29 is 9.53 Å². The topological polar surface area (TPSA) is 69.0 Å². The van der Waals surface area contributed by atoms with Crippen LogP contribution < -0.4 is 10.1 Å². The standard InChI is InChI=1S/C19H26N4O2S/c1-4-23-17(14-9-11-16(25-3)12-10-14)21-22-19(23)26-13(2)18(24)20-15-7-5-6-8-15/h9-13,15H,4-8H2,1-3H3,(H,20,24)/t13-/m0/s1. The molecule has 1 atom stereocenters. The molecule has 1 aromatic heterocycles. The zero-order valence-electron chi connectivity index (χ0n) is 15.6. The molecule has 0 bridgehead atoms. The van der Waals surface area contributed by atoms with Crippen LogP contribution in [0.4, 0.5) is 0 Å². The molecule has 1 aliphatic rings. The van der Waals surface area contributed by atoms with E-state index in [0.29, 0.717) is 6.04 Å². The lowest BCUT2D eigenvalue weighted by molar-refractivity contribution is -0.120. The maximum absolute atomic E-state index is 12.4. The fraction of sp³-hybridized carbons (Fsp3) is 0.526. The Hall–Kier alpha value is -2.02. The quantitative estimate of drug-likeness (QED) is 0.751. The summed E-state index contributed by atoms with van der Waals surface area (Å²) in [5.41, 5.74) is 0.982. The van der Waals surface area contributed by atoms with Crippen LogP contribution in [0.3, 0.4) is 0 Å². The van der Waals surface area contributed by atoms with Crippen LogP contribution in [0.2, 0.25) is 0 Å². The summed E-state index contributed by atoms with van der Waals surface area (Å²) in [7, 11) is 1.65. The molecule has 0 unspecified atom stereocenters. The molecule has 0 spiro atoms. The summed E-state index contributed by atoms with van der Waals surface area (Å²) < 4.78 is 7.26. The van der Waals surface area contributed by atoms with Crippen LogP contribution in [0, 0.1) is 0 Å². The van der Waals surface area contributed by atoms with Crippen LogP contribution in [-0.4, -0.2) is 39.1 Å². The average molecular weight is 375 g/mol. The molecular formula is C19H26N4O2S. The minimum Gasteiger partial charge on any atom is -0.497 e. The number of thioether (sulfide) groups is 1. The largest absolute Gasteiger partial charge is 0.497 e. The van der Waals surface area contributed by atoms with Gasteiger partial charge < -0.3 is 14.6 Å². The van der Waals surface area contributed by atoms with Crippen LogP contribution in [0.1, 0.15) is 39.5 Å². The second-order valence-electron chi connectivity index (χ2n) is 6.53. The van der Waals surface area contributed by atoms with E-state index < -0.39 is 0 Å². The van der Waals surface area contributed by atoms with Gasteiger partial charge in [0.05, 0.1) is 12.4 Å². The zero-order valence-corrected chi connectivity index (χ0v) is 16.4. The van der Waals surface area contributed by atoms with Gasteiger partial charge >= 0.3 is 0 Å². The van der Waals surface area contributed by atoms with Gasteiger partial charge in [-0.3, -0.25) is 4.79 Å². The Morgan fingerprint density at radius 1 is 1.31 bits per heavy atom. The first-order valence-corrected chi connectivity index (χ1v) is 10.0. The van der Waals surface area contributed by atoms with Crippen LogP contribution in [0.15, 0.2) is 29.4 Å². The Morgan fingerprint density at radius 3 is 2.62 bits per heavy atom. The molecule has 0 aliphatic heterocycles. The lowest BCUT2D eigenvalue weighted by atomic mass is 10.2. The van der Waals surface area contributed by atoms with Gasteiger partial charge in [0.15, 0.2) is 11.0 Å². The smallest absolute Gasteiger partial charge is 0.233 e. The summed E-state index contributed by atoms with van der Waals surface area (Å²) in [5, 5.41) is 12.4. The van der Waals surface area contributed by atoms with Crippen LogP contribution in [0.5, 0.6) is 5.75 Å². The highest BCUT2D eigenvalue weighted by Gasteiger charge is 2.23. The molecule has 7 heteroatoms. The molecule has 1 amide bonds. The number of hydrogen-bond acceptors (Lipinski definition) is 5. The zero-order chi connectivity index (χ0) is 18.5. The van der Waals surface area contributed by atoms with Gasteiger partial charge in [-0.05, 0) is 51.0 Å². The van der Waals surface area contributed by atoms with Crippen molar-refractivity contribution in [2.75, 3.05) is 7.11 Å². The number of hydrogen-bond donors (Lipinski definition) is 1. The van der Waals surface area contributed by atoms with Crippen molar-refractivity contribution in [3.05, 3.63) is 24.3 Å². The highest BCUT2D eigenvalue weighted by molar-refractivity contribution is 8.00. The first-order valence-electron chi connectivity index (χ1n) is 9.17. The summed E-state index contributed by atoms with van der Waals surface area (Å²) in [4.78, 5) is 12.4. The summed E-state index contributed by atoms with van der Waals surface area (Å²) in [5.74, 6) is 1.70. The Bertz CT molecular complexity index is 738. The normalized spacial score (nSPS) is 15.8. The SMILES string of the molecule is CCn1c(S[C@@H](C)C(=O)NC2CCCC2)nnc1-c1ccc(OC)cc1. The van der Waals surface area contributed by atoms with Gasteiger partial charge in [0, 0.05) is 18.2 Å². The first-order chi connectivity index (χ1) is 12.6. The van der Waals surface area contributed by atoms with Gasteiger partial charge in [-0.1, -0.05) is 24.6 Å². The molecule has 1 heterocycles. The first kappa shape index (κ1) is 18.8. The maximum Gasteiger partial charge on any atom is 0.233 e. The molecule has 2 aromatic rings. The van der Waals surface area contributed by atoms with Crippen molar-refractivity contribution >= 4 is 17.7 Å². The van der Waals surface area contributed by atoms with E-state index in [1.54, 1.807) is 7.11 Å². The van der Waals surface area contributed by atoms with Crippen molar-refractivity contribution in [3.63, 3.8) is 0 Å². The van der Waals surface area contributed by atoms with E-state index in [1.807, 2.05) is 35.8 Å². The molecule has 0 radical (unpaired) electrons. The lowest BCUT2D eigenvalue weighted by Gasteiger charge is -2.16. The molecular weight excluding hydrogens is 348 g/mol. The molecule has 140 valence electrons. The van der Waals surface area contributed by atoms with Crippen molar-refractivity contribution in [1.29, 1.82) is 0 Å². The third-order valence-corrected chi connectivity index (χ3v) is 5.81. The third kappa shape index (κ3) is 4.20. The van der Waals surface area contributed by atoms with Gasteiger partial charge in [-0.2, -0.15) is 0 Å². The third-order valence-electron chi connectivity index (χ3n) is 4.73. The molecule has 1 saturated carbocycles. The predicted octanol–water partition coefficient (Wildman–Crippen LogP) is 3.51. The van der Waals surface area contributed by atoms with Crippen molar-refractivity contribution in [2.45, 2.75) is 62.5 Å². The summed E-state index contributed by atoms with van der Waals surface area (Å²) in [6.45, 7) is 4.73. The molecule has 1 aromatic carbocycles. The Kier molecular flexibility index (Phi) is 6.19. The van der Waals surface area contributed by atoms with E-state index in [2.05, 4.69) is 22.4 Å². The number of methoxy groups -OCH3 is 1. The monoisotopic (exact) mass is 374 g/mol.